The lowest BCUT2D eigenvalue weighted by atomic mass is 9.70. The number of anilines is 3. The molecule has 0 saturated heterocycles. The van der Waals surface area contributed by atoms with Crippen LogP contribution in [-0.4, -0.2) is 0 Å². The van der Waals surface area contributed by atoms with E-state index in [4.69, 9.17) is 11.6 Å². The van der Waals surface area contributed by atoms with Crippen molar-refractivity contribution < 1.29 is 0 Å². The van der Waals surface area contributed by atoms with E-state index in [-0.39, 0.29) is 5.41 Å². The Bertz CT molecular complexity index is 3550. The van der Waals surface area contributed by atoms with E-state index >= 15 is 0 Å². The number of rotatable bonds is 6. The van der Waals surface area contributed by atoms with Gasteiger partial charge in [-0.25, -0.2) is 0 Å². The molecule has 312 valence electrons. The fourth-order valence-corrected chi connectivity index (χ4v) is 12.0. The van der Waals surface area contributed by atoms with Gasteiger partial charge < -0.3 is 4.90 Å². The molecule has 0 amide bonds. The highest BCUT2D eigenvalue weighted by Gasteiger charge is 2.53. The average molecular weight is 863 g/mol. The first-order valence-electron chi connectivity index (χ1n) is 22.9. The van der Waals surface area contributed by atoms with E-state index in [1.807, 2.05) is 0 Å². The van der Waals surface area contributed by atoms with Crippen molar-refractivity contribution in [3.63, 3.8) is 0 Å². The summed E-state index contributed by atoms with van der Waals surface area (Å²) in [5.41, 5.74) is 25.5. The molecule has 1 unspecified atom stereocenters. The maximum absolute atomic E-state index is 7.02. The van der Waals surface area contributed by atoms with Crippen molar-refractivity contribution in [3.8, 4) is 66.8 Å². The first-order chi connectivity index (χ1) is 32.4. The van der Waals surface area contributed by atoms with Gasteiger partial charge in [-0.1, -0.05) is 207 Å². The van der Waals surface area contributed by atoms with Gasteiger partial charge in [-0.3, -0.25) is 0 Å². The highest BCUT2D eigenvalue weighted by Crippen LogP contribution is 2.65. The van der Waals surface area contributed by atoms with Crippen LogP contribution in [0, 0.1) is 0 Å². The van der Waals surface area contributed by atoms with Crippen molar-refractivity contribution >= 4 is 28.7 Å². The number of halogens is 1. The van der Waals surface area contributed by atoms with Crippen LogP contribution in [0.1, 0.15) is 47.2 Å². The Hall–Kier alpha value is -7.71. The van der Waals surface area contributed by atoms with Gasteiger partial charge >= 0.3 is 0 Å². The van der Waals surface area contributed by atoms with Crippen LogP contribution in [0.15, 0.2) is 231 Å². The van der Waals surface area contributed by atoms with Crippen molar-refractivity contribution in [2.24, 2.45) is 0 Å². The molecule has 0 saturated carbocycles. The minimum atomic E-state index is -0.536. The molecule has 3 aliphatic carbocycles. The lowest BCUT2D eigenvalue weighted by Gasteiger charge is -2.31. The van der Waals surface area contributed by atoms with Gasteiger partial charge in [-0.05, 0) is 149 Å². The molecule has 1 nitrogen and oxygen atoms in total. The first-order valence-corrected chi connectivity index (χ1v) is 23.3. The zero-order valence-corrected chi connectivity index (χ0v) is 37.5. The Morgan fingerprint density at radius 1 is 0.303 bits per heavy atom. The summed E-state index contributed by atoms with van der Waals surface area (Å²) in [5.74, 6) is 0. The van der Waals surface area contributed by atoms with E-state index in [1.54, 1.807) is 0 Å². The van der Waals surface area contributed by atoms with Crippen LogP contribution in [0.3, 0.4) is 0 Å². The third kappa shape index (κ3) is 5.54. The Labute approximate surface area is 391 Å². The van der Waals surface area contributed by atoms with Gasteiger partial charge in [0.05, 0.1) is 5.41 Å². The van der Waals surface area contributed by atoms with E-state index in [9.17, 15) is 0 Å². The Balaban J connectivity index is 0.969. The van der Waals surface area contributed by atoms with Crippen LogP contribution in [0.2, 0.25) is 5.02 Å². The lowest BCUT2D eigenvalue weighted by Crippen LogP contribution is -2.25. The Kier molecular flexibility index (Phi) is 8.60. The van der Waals surface area contributed by atoms with Crippen molar-refractivity contribution in [1.29, 1.82) is 0 Å². The van der Waals surface area contributed by atoms with E-state index in [2.05, 4.69) is 249 Å². The third-order valence-electron chi connectivity index (χ3n) is 14.8. The quantitative estimate of drug-likeness (QED) is 0.161. The molecule has 0 bridgehead atoms. The zero-order chi connectivity index (χ0) is 44.1. The molecule has 13 rings (SSSR count). The molecule has 10 aromatic carbocycles. The van der Waals surface area contributed by atoms with E-state index < -0.39 is 5.41 Å². The molecule has 0 aliphatic heterocycles. The molecule has 1 spiro atoms. The second-order valence-corrected chi connectivity index (χ2v) is 18.9. The van der Waals surface area contributed by atoms with Gasteiger partial charge in [0, 0.05) is 27.5 Å². The van der Waals surface area contributed by atoms with Crippen LogP contribution in [0.5, 0.6) is 0 Å². The van der Waals surface area contributed by atoms with Gasteiger partial charge in [0.1, 0.15) is 0 Å². The highest BCUT2D eigenvalue weighted by molar-refractivity contribution is 6.31. The van der Waals surface area contributed by atoms with Crippen LogP contribution < -0.4 is 4.90 Å². The maximum Gasteiger partial charge on any atom is 0.0726 e. The number of hydrogen-bond donors (Lipinski definition) is 0. The van der Waals surface area contributed by atoms with Gasteiger partial charge in [-0.15, -0.1) is 0 Å². The number of nitrogens with zero attached hydrogens (tertiary/aromatic N) is 1. The molecule has 0 heterocycles. The average Bonchev–Trinajstić information content (AvgIpc) is 3.93. The predicted molar refractivity (Wildman–Crippen MR) is 276 cm³/mol. The van der Waals surface area contributed by atoms with Crippen molar-refractivity contribution in [3.05, 3.63) is 269 Å². The van der Waals surface area contributed by atoms with Gasteiger partial charge in [0.2, 0.25) is 0 Å². The molecule has 0 N–H and O–H groups in total. The summed E-state index contributed by atoms with van der Waals surface area (Å²) >= 11 is 7.02. The fraction of sp³-hybridized carbons (Fsp3) is 0.0625. The molecule has 0 fully saturated rings. The van der Waals surface area contributed by atoms with Crippen LogP contribution in [0.25, 0.3) is 66.8 Å². The molecular weight excluding hydrogens is 818 g/mol. The predicted octanol–water partition coefficient (Wildman–Crippen LogP) is 17.5. The van der Waals surface area contributed by atoms with Crippen LogP contribution in [0.4, 0.5) is 17.1 Å². The molecule has 66 heavy (non-hydrogen) atoms. The normalized spacial score (nSPS) is 15.4. The molecule has 2 heteroatoms. The minimum Gasteiger partial charge on any atom is -0.310 e. The smallest absolute Gasteiger partial charge is 0.0726 e. The van der Waals surface area contributed by atoms with Gasteiger partial charge in [0.15, 0.2) is 0 Å². The van der Waals surface area contributed by atoms with Crippen LogP contribution in [-0.2, 0) is 10.8 Å². The summed E-state index contributed by atoms with van der Waals surface area (Å²) in [7, 11) is 0. The molecule has 3 aliphatic rings. The number of hydrogen-bond acceptors (Lipinski definition) is 1. The fourth-order valence-electron chi connectivity index (χ4n) is 11.9. The zero-order valence-electron chi connectivity index (χ0n) is 36.8. The second-order valence-electron chi connectivity index (χ2n) is 18.5. The topological polar surface area (TPSA) is 3.24 Å². The summed E-state index contributed by atoms with van der Waals surface area (Å²) in [4.78, 5) is 2.41. The van der Waals surface area contributed by atoms with Crippen molar-refractivity contribution in [2.45, 2.75) is 24.7 Å². The van der Waals surface area contributed by atoms with Crippen LogP contribution >= 0.6 is 11.6 Å². The Morgan fingerprint density at radius 3 is 1.39 bits per heavy atom. The van der Waals surface area contributed by atoms with E-state index in [0.717, 1.165) is 22.1 Å². The summed E-state index contributed by atoms with van der Waals surface area (Å²) in [6.07, 6.45) is 0. The minimum absolute atomic E-state index is 0.121. The second kappa shape index (κ2) is 14.7. The van der Waals surface area contributed by atoms with Gasteiger partial charge in [-0.2, -0.15) is 0 Å². The maximum atomic E-state index is 7.02. The van der Waals surface area contributed by atoms with Crippen molar-refractivity contribution in [1.82, 2.24) is 0 Å². The monoisotopic (exact) mass is 861 g/mol. The molecule has 0 aromatic heterocycles. The van der Waals surface area contributed by atoms with Crippen molar-refractivity contribution in [2.75, 3.05) is 4.90 Å². The Morgan fingerprint density at radius 2 is 0.742 bits per heavy atom. The SMILES string of the molecule is CC1(C)c2ccccc2-c2ccc(N(c3ccc(-c4ccccc4)cc3)c3ccc(-c4cccc5c4-c4ccc(Cl)cc4C54c5ccccc5-c5c(-c6ccccc6)cccc54)cc3)cc21. The standard InChI is InChI=1S/C64H44ClN/c1-63(2)55-23-11-9-19-51(55)52-38-36-48(40-59(52)63)66(46-32-27-42(28-33-46)41-15-5-3-6-16-41)47-34-29-44(30-35-47)50-22-14-26-58-62(50)54-37-31-45(65)39-60(54)64(58)56-24-12-10-20-53(56)61-49(21-13-25-57(61)64)43-17-7-4-8-18-43/h3-40H,1-2H3. The number of fused-ring (bicyclic) bond motifs is 13. The molecule has 1 atom stereocenters. The largest absolute Gasteiger partial charge is 0.310 e. The summed E-state index contributed by atoms with van der Waals surface area (Å²) in [6, 6.07) is 84.9. The van der Waals surface area contributed by atoms with E-state index in [0.29, 0.717) is 0 Å². The summed E-state index contributed by atoms with van der Waals surface area (Å²) in [5, 5.41) is 0.743. The third-order valence-corrected chi connectivity index (χ3v) is 15.0. The van der Waals surface area contributed by atoms with E-state index in [1.165, 1.54) is 100 Å². The van der Waals surface area contributed by atoms with Gasteiger partial charge in [0.25, 0.3) is 0 Å². The summed E-state index contributed by atoms with van der Waals surface area (Å²) in [6.45, 7) is 4.71. The molecule has 0 radical (unpaired) electrons. The number of benzene rings is 10. The highest BCUT2D eigenvalue weighted by atomic mass is 35.5. The summed E-state index contributed by atoms with van der Waals surface area (Å²) < 4.78 is 0. The first kappa shape index (κ1) is 38.7. The molecule has 10 aromatic rings. The molecular formula is C64H44ClN. The lowest BCUT2D eigenvalue weighted by molar-refractivity contribution is 0.660.